The van der Waals surface area contributed by atoms with Crippen LogP contribution in [0.2, 0.25) is 0 Å². The van der Waals surface area contributed by atoms with Crippen LogP contribution in [0.15, 0.2) is 42.6 Å². The van der Waals surface area contributed by atoms with Gasteiger partial charge in [0, 0.05) is 30.8 Å². The molecule has 2 heterocycles. The molecular weight excluding hydrogens is 304 g/mol. The lowest BCUT2D eigenvalue weighted by atomic mass is 10.1. The predicted molar refractivity (Wildman–Crippen MR) is 92.5 cm³/mol. The van der Waals surface area contributed by atoms with Crippen molar-refractivity contribution < 1.29 is 14.3 Å². The summed E-state index contributed by atoms with van der Waals surface area (Å²) in [4.78, 5) is 16.6. The van der Waals surface area contributed by atoms with Crippen molar-refractivity contribution in [3.05, 3.63) is 53.7 Å². The number of amides is 1. The molecule has 0 saturated carbocycles. The third kappa shape index (κ3) is 4.11. The summed E-state index contributed by atoms with van der Waals surface area (Å²) in [6.45, 7) is 3.51. The summed E-state index contributed by atoms with van der Waals surface area (Å²) < 4.78 is 11.1. The third-order valence-corrected chi connectivity index (χ3v) is 4.10. The Morgan fingerprint density at radius 1 is 1.25 bits per heavy atom. The van der Waals surface area contributed by atoms with Crippen molar-refractivity contribution in [2.45, 2.75) is 32.3 Å². The first-order valence-electron chi connectivity index (χ1n) is 8.36. The number of hydrogen-bond donors (Lipinski definition) is 1. The number of carbonyl (C=O) groups is 1. The number of anilines is 1. The van der Waals surface area contributed by atoms with E-state index in [0.29, 0.717) is 11.4 Å². The Hall–Kier alpha value is -2.40. The lowest BCUT2D eigenvalue weighted by Crippen LogP contribution is -2.26. The summed E-state index contributed by atoms with van der Waals surface area (Å²) in [5.74, 6) is 0.383. The van der Waals surface area contributed by atoms with E-state index in [1.54, 1.807) is 18.3 Å². The Bertz CT molecular complexity index is 679. The Morgan fingerprint density at radius 3 is 2.75 bits per heavy atom. The molecule has 1 aromatic heterocycles. The third-order valence-electron chi connectivity index (χ3n) is 4.10. The molecule has 0 bridgehead atoms. The molecule has 1 fully saturated rings. The average Bonchev–Trinajstić information content (AvgIpc) is 2.63. The van der Waals surface area contributed by atoms with E-state index in [1.165, 1.54) is 0 Å². The molecule has 2 aromatic rings. The largest absolute Gasteiger partial charge is 0.474 e. The topological polar surface area (TPSA) is 60.5 Å². The number of rotatable bonds is 5. The summed E-state index contributed by atoms with van der Waals surface area (Å²) in [5, 5.41) is 2.94. The first kappa shape index (κ1) is 16.5. The molecule has 24 heavy (non-hydrogen) atoms. The summed E-state index contributed by atoms with van der Waals surface area (Å²) in [5.41, 5.74) is 2.46. The minimum Gasteiger partial charge on any atom is -0.474 e. The van der Waals surface area contributed by atoms with E-state index in [1.807, 2.05) is 24.3 Å². The Kier molecular flexibility index (Phi) is 5.43. The lowest BCUT2D eigenvalue weighted by molar-refractivity contribution is 0.0237. The first-order chi connectivity index (χ1) is 11.8. The normalized spacial score (nSPS) is 15.0. The number of aryl methyl sites for hydroxylation is 1. The van der Waals surface area contributed by atoms with Crippen LogP contribution in [-0.2, 0) is 11.2 Å². The van der Waals surface area contributed by atoms with Crippen LogP contribution in [0.3, 0.4) is 0 Å². The van der Waals surface area contributed by atoms with Crippen LogP contribution in [0.5, 0.6) is 5.88 Å². The van der Waals surface area contributed by atoms with E-state index in [-0.39, 0.29) is 12.0 Å². The van der Waals surface area contributed by atoms with Gasteiger partial charge in [-0.3, -0.25) is 4.79 Å². The Morgan fingerprint density at radius 2 is 2.04 bits per heavy atom. The van der Waals surface area contributed by atoms with Gasteiger partial charge in [0.2, 0.25) is 5.88 Å². The Labute approximate surface area is 142 Å². The highest BCUT2D eigenvalue weighted by atomic mass is 16.5. The number of pyridine rings is 1. The van der Waals surface area contributed by atoms with E-state index < -0.39 is 0 Å². The van der Waals surface area contributed by atoms with E-state index >= 15 is 0 Å². The molecule has 1 saturated heterocycles. The zero-order chi connectivity index (χ0) is 16.8. The van der Waals surface area contributed by atoms with Crippen LogP contribution in [0.1, 0.15) is 35.7 Å². The second-order valence-electron chi connectivity index (χ2n) is 5.78. The van der Waals surface area contributed by atoms with Gasteiger partial charge in [0.25, 0.3) is 5.91 Å². The molecule has 0 spiro atoms. The SMILES string of the molecule is CCc1ccccc1NC(=O)c1ccc(OC2CCOCC2)nc1. The van der Waals surface area contributed by atoms with Crippen molar-refractivity contribution in [3.63, 3.8) is 0 Å². The molecule has 1 amide bonds. The zero-order valence-electron chi connectivity index (χ0n) is 13.8. The van der Waals surface area contributed by atoms with E-state index in [4.69, 9.17) is 9.47 Å². The minimum atomic E-state index is -0.166. The Balaban J connectivity index is 1.63. The van der Waals surface area contributed by atoms with Crippen molar-refractivity contribution in [2.24, 2.45) is 0 Å². The molecule has 3 rings (SSSR count). The predicted octanol–water partition coefficient (Wildman–Crippen LogP) is 3.45. The number of nitrogens with one attached hydrogen (secondary N) is 1. The monoisotopic (exact) mass is 326 g/mol. The smallest absolute Gasteiger partial charge is 0.257 e. The average molecular weight is 326 g/mol. The number of benzene rings is 1. The summed E-state index contributed by atoms with van der Waals surface area (Å²) in [7, 11) is 0. The molecule has 1 aliphatic heterocycles. The lowest BCUT2D eigenvalue weighted by Gasteiger charge is -2.22. The van der Waals surface area contributed by atoms with Crippen molar-refractivity contribution in [3.8, 4) is 5.88 Å². The molecule has 1 aliphatic rings. The van der Waals surface area contributed by atoms with Gasteiger partial charge in [0.1, 0.15) is 6.10 Å². The molecule has 1 N–H and O–H groups in total. The van der Waals surface area contributed by atoms with Gasteiger partial charge in [-0.1, -0.05) is 25.1 Å². The maximum Gasteiger partial charge on any atom is 0.257 e. The van der Waals surface area contributed by atoms with Crippen LogP contribution in [0.4, 0.5) is 5.69 Å². The van der Waals surface area contributed by atoms with Crippen LogP contribution in [0, 0.1) is 0 Å². The van der Waals surface area contributed by atoms with E-state index in [2.05, 4.69) is 17.2 Å². The van der Waals surface area contributed by atoms with Gasteiger partial charge in [0.05, 0.1) is 18.8 Å². The summed E-state index contributed by atoms with van der Waals surface area (Å²) in [6.07, 6.45) is 4.31. The maximum absolute atomic E-state index is 12.4. The number of hydrogen-bond acceptors (Lipinski definition) is 4. The molecule has 0 atom stereocenters. The quantitative estimate of drug-likeness (QED) is 0.914. The molecule has 0 unspecified atom stereocenters. The molecular formula is C19H22N2O3. The van der Waals surface area contributed by atoms with Gasteiger partial charge in [-0.15, -0.1) is 0 Å². The highest BCUT2D eigenvalue weighted by molar-refractivity contribution is 6.04. The van der Waals surface area contributed by atoms with Crippen LogP contribution >= 0.6 is 0 Å². The van der Waals surface area contributed by atoms with Crippen molar-refractivity contribution in [1.82, 2.24) is 4.98 Å². The van der Waals surface area contributed by atoms with E-state index in [9.17, 15) is 4.79 Å². The highest BCUT2D eigenvalue weighted by Crippen LogP contribution is 2.18. The number of aromatic nitrogens is 1. The fraction of sp³-hybridized carbons (Fsp3) is 0.368. The van der Waals surface area contributed by atoms with Crippen LogP contribution < -0.4 is 10.1 Å². The molecule has 0 aliphatic carbocycles. The second kappa shape index (κ2) is 7.93. The fourth-order valence-corrected chi connectivity index (χ4v) is 2.69. The maximum atomic E-state index is 12.4. The van der Waals surface area contributed by atoms with Gasteiger partial charge in [-0.2, -0.15) is 0 Å². The molecule has 0 radical (unpaired) electrons. The summed E-state index contributed by atoms with van der Waals surface area (Å²) >= 11 is 0. The number of carbonyl (C=O) groups excluding carboxylic acids is 1. The van der Waals surface area contributed by atoms with Crippen LogP contribution in [0.25, 0.3) is 0 Å². The fourth-order valence-electron chi connectivity index (χ4n) is 2.69. The molecule has 5 nitrogen and oxygen atoms in total. The minimum absolute atomic E-state index is 0.141. The van der Waals surface area contributed by atoms with Crippen molar-refractivity contribution in [1.29, 1.82) is 0 Å². The van der Waals surface area contributed by atoms with Crippen molar-refractivity contribution in [2.75, 3.05) is 18.5 Å². The van der Waals surface area contributed by atoms with Crippen molar-refractivity contribution >= 4 is 11.6 Å². The number of ether oxygens (including phenoxy) is 2. The first-order valence-corrected chi connectivity index (χ1v) is 8.36. The number of nitrogens with zero attached hydrogens (tertiary/aromatic N) is 1. The van der Waals surface area contributed by atoms with E-state index in [0.717, 1.165) is 43.7 Å². The summed E-state index contributed by atoms with van der Waals surface area (Å²) in [6, 6.07) is 11.3. The van der Waals surface area contributed by atoms with Gasteiger partial charge >= 0.3 is 0 Å². The standard InChI is InChI=1S/C19H22N2O3/c1-2-14-5-3-4-6-17(14)21-19(22)15-7-8-18(20-13-15)24-16-9-11-23-12-10-16/h3-8,13,16H,2,9-12H2,1H3,(H,21,22). The second-order valence-corrected chi connectivity index (χ2v) is 5.78. The number of para-hydroxylation sites is 1. The highest BCUT2D eigenvalue weighted by Gasteiger charge is 2.16. The molecule has 126 valence electrons. The van der Waals surface area contributed by atoms with Gasteiger partial charge in [-0.05, 0) is 24.1 Å². The van der Waals surface area contributed by atoms with Crippen LogP contribution in [-0.4, -0.2) is 30.2 Å². The molecule has 1 aromatic carbocycles. The van der Waals surface area contributed by atoms with Gasteiger partial charge in [-0.25, -0.2) is 4.98 Å². The molecule has 5 heteroatoms. The zero-order valence-corrected chi connectivity index (χ0v) is 13.8. The van der Waals surface area contributed by atoms with Gasteiger partial charge < -0.3 is 14.8 Å². The van der Waals surface area contributed by atoms with Gasteiger partial charge in [0.15, 0.2) is 0 Å².